The van der Waals surface area contributed by atoms with Gasteiger partial charge >= 0.3 is 6.03 Å². The molecule has 0 aliphatic heterocycles. The maximum absolute atomic E-state index is 11.4. The van der Waals surface area contributed by atoms with Gasteiger partial charge in [0.25, 0.3) is 0 Å². The molecule has 9 heteroatoms. The number of azo groups is 1. The predicted octanol–water partition coefficient (Wildman–Crippen LogP) is 4.75. The molecule has 0 aliphatic rings. The SMILES string of the molecule is Cc1ccc(/N=N/c2ccc(Nc3nc(C)nc(C)n3)cc2NC(N)=O)c(C)c1. The topological polar surface area (TPSA) is 131 Å². The minimum atomic E-state index is -0.697. The van der Waals surface area contributed by atoms with E-state index in [2.05, 4.69) is 35.8 Å². The van der Waals surface area contributed by atoms with Gasteiger partial charge in [-0.25, -0.2) is 9.78 Å². The first kappa shape index (κ1) is 19.9. The highest BCUT2D eigenvalue weighted by Crippen LogP contribution is 2.31. The van der Waals surface area contributed by atoms with Crippen molar-refractivity contribution in [2.75, 3.05) is 10.6 Å². The van der Waals surface area contributed by atoms with Crippen LogP contribution in [0.4, 0.5) is 33.5 Å². The standard InChI is InChI=1S/C20H22N8O/c1-11-5-7-16(12(2)9-11)27-28-17-8-6-15(10-18(17)26-19(21)29)25-20-23-13(3)22-14(4)24-20/h5-10H,1-4H3,(H3,21,26,29)(H,22,23,24,25)/b28-27+. The fraction of sp³-hybridized carbons (Fsp3) is 0.200. The van der Waals surface area contributed by atoms with Gasteiger partial charge in [0.2, 0.25) is 5.95 Å². The molecule has 0 radical (unpaired) electrons. The monoisotopic (exact) mass is 390 g/mol. The van der Waals surface area contributed by atoms with Crippen LogP contribution in [-0.2, 0) is 0 Å². The Kier molecular flexibility index (Phi) is 5.77. The molecule has 0 atom stereocenters. The molecule has 0 saturated heterocycles. The third kappa shape index (κ3) is 5.32. The largest absolute Gasteiger partial charge is 0.351 e. The third-order valence-electron chi connectivity index (χ3n) is 3.99. The Bertz CT molecular complexity index is 1070. The van der Waals surface area contributed by atoms with E-state index in [4.69, 9.17) is 5.73 Å². The molecule has 0 unspecified atom stereocenters. The van der Waals surface area contributed by atoms with Crippen molar-refractivity contribution in [1.82, 2.24) is 15.0 Å². The number of amides is 2. The number of carbonyl (C=O) groups is 1. The van der Waals surface area contributed by atoms with Crippen molar-refractivity contribution in [2.45, 2.75) is 27.7 Å². The van der Waals surface area contributed by atoms with Crippen LogP contribution in [0.3, 0.4) is 0 Å². The van der Waals surface area contributed by atoms with Crippen molar-refractivity contribution >= 4 is 34.7 Å². The number of hydrogen-bond acceptors (Lipinski definition) is 7. The normalized spacial score (nSPS) is 10.9. The quantitative estimate of drug-likeness (QED) is 0.541. The lowest BCUT2D eigenvalue weighted by molar-refractivity contribution is 0.259. The van der Waals surface area contributed by atoms with Crippen molar-refractivity contribution in [2.24, 2.45) is 16.0 Å². The molecule has 0 spiro atoms. The molecule has 1 heterocycles. The second kappa shape index (κ2) is 8.42. The van der Waals surface area contributed by atoms with Gasteiger partial charge in [-0.15, -0.1) is 5.11 Å². The van der Waals surface area contributed by atoms with Crippen molar-refractivity contribution in [3.8, 4) is 0 Å². The fourth-order valence-electron chi connectivity index (χ4n) is 2.76. The summed E-state index contributed by atoms with van der Waals surface area (Å²) in [4.78, 5) is 24.1. The highest BCUT2D eigenvalue weighted by atomic mass is 16.2. The van der Waals surface area contributed by atoms with Gasteiger partial charge in [0.15, 0.2) is 0 Å². The third-order valence-corrected chi connectivity index (χ3v) is 3.99. The van der Waals surface area contributed by atoms with Gasteiger partial charge in [0.1, 0.15) is 17.3 Å². The van der Waals surface area contributed by atoms with Crippen molar-refractivity contribution in [1.29, 1.82) is 0 Å². The Morgan fingerprint density at radius 2 is 1.55 bits per heavy atom. The predicted molar refractivity (Wildman–Crippen MR) is 112 cm³/mol. The van der Waals surface area contributed by atoms with Crippen LogP contribution in [0.25, 0.3) is 0 Å². The molecule has 29 heavy (non-hydrogen) atoms. The smallest absolute Gasteiger partial charge is 0.316 e. The number of nitrogens with two attached hydrogens (primary N) is 1. The van der Waals surface area contributed by atoms with Crippen LogP contribution in [0.5, 0.6) is 0 Å². The number of aromatic nitrogens is 3. The number of carbonyl (C=O) groups excluding carboxylic acids is 1. The number of rotatable bonds is 5. The molecule has 1 aromatic heterocycles. The summed E-state index contributed by atoms with van der Waals surface area (Å²) in [6.07, 6.45) is 0. The van der Waals surface area contributed by atoms with Gasteiger partial charge in [0.05, 0.1) is 11.4 Å². The average Bonchev–Trinajstić information content (AvgIpc) is 2.61. The molecule has 9 nitrogen and oxygen atoms in total. The Balaban J connectivity index is 1.91. The Labute approximate surface area is 168 Å². The second-order valence-corrected chi connectivity index (χ2v) is 6.59. The fourth-order valence-corrected chi connectivity index (χ4v) is 2.76. The summed E-state index contributed by atoms with van der Waals surface area (Å²) in [6.45, 7) is 7.56. The summed E-state index contributed by atoms with van der Waals surface area (Å²) >= 11 is 0. The van der Waals surface area contributed by atoms with Crippen LogP contribution in [-0.4, -0.2) is 21.0 Å². The molecular formula is C20H22N8O. The molecule has 0 aliphatic carbocycles. The molecular weight excluding hydrogens is 368 g/mol. The number of nitrogens with one attached hydrogen (secondary N) is 2. The first-order valence-electron chi connectivity index (χ1n) is 8.96. The molecule has 0 bridgehead atoms. The molecule has 0 saturated carbocycles. The highest BCUT2D eigenvalue weighted by Gasteiger charge is 2.08. The summed E-state index contributed by atoms with van der Waals surface area (Å²) in [5.74, 6) is 1.62. The molecule has 3 rings (SSSR count). The number of nitrogens with zero attached hydrogens (tertiary/aromatic N) is 5. The van der Waals surface area contributed by atoms with E-state index in [9.17, 15) is 4.79 Å². The maximum Gasteiger partial charge on any atom is 0.316 e. The van der Waals surface area contributed by atoms with E-state index in [0.717, 1.165) is 16.8 Å². The Morgan fingerprint density at radius 1 is 0.897 bits per heavy atom. The number of urea groups is 1. The molecule has 2 aromatic carbocycles. The number of primary amides is 1. The zero-order chi connectivity index (χ0) is 21.0. The lowest BCUT2D eigenvalue weighted by atomic mass is 10.1. The molecule has 2 amide bonds. The lowest BCUT2D eigenvalue weighted by Crippen LogP contribution is -2.19. The zero-order valence-electron chi connectivity index (χ0n) is 16.7. The van der Waals surface area contributed by atoms with E-state index in [1.807, 2.05) is 32.0 Å². The van der Waals surface area contributed by atoms with E-state index in [-0.39, 0.29) is 0 Å². The zero-order valence-corrected chi connectivity index (χ0v) is 16.7. The van der Waals surface area contributed by atoms with E-state index >= 15 is 0 Å². The summed E-state index contributed by atoms with van der Waals surface area (Å²) in [5.41, 5.74) is 9.76. The maximum atomic E-state index is 11.4. The van der Waals surface area contributed by atoms with Gasteiger partial charge in [-0.05, 0) is 57.5 Å². The van der Waals surface area contributed by atoms with Crippen molar-refractivity contribution in [3.05, 3.63) is 59.2 Å². The number of anilines is 3. The van der Waals surface area contributed by atoms with E-state index in [0.29, 0.717) is 34.7 Å². The van der Waals surface area contributed by atoms with Crippen LogP contribution < -0.4 is 16.4 Å². The second-order valence-electron chi connectivity index (χ2n) is 6.59. The van der Waals surface area contributed by atoms with Crippen LogP contribution >= 0.6 is 0 Å². The lowest BCUT2D eigenvalue weighted by Gasteiger charge is -2.10. The van der Waals surface area contributed by atoms with Crippen LogP contribution in [0, 0.1) is 27.7 Å². The van der Waals surface area contributed by atoms with E-state index < -0.39 is 6.03 Å². The summed E-state index contributed by atoms with van der Waals surface area (Å²) < 4.78 is 0. The van der Waals surface area contributed by atoms with Gasteiger partial charge in [0, 0.05) is 5.69 Å². The van der Waals surface area contributed by atoms with Gasteiger partial charge in [-0.2, -0.15) is 15.1 Å². The summed E-state index contributed by atoms with van der Waals surface area (Å²) in [5, 5.41) is 14.2. The number of benzene rings is 2. The van der Waals surface area contributed by atoms with E-state index in [1.165, 1.54) is 0 Å². The number of aryl methyl sites for hydroxylation is 4. The van der Waals surface area contributed by atoms with Crippen molar-refractivity contribution in [3.63, 3.8) is 0 Å². The summed E-state index contributed by atoms with van der Waals surface area (Å²) in [7, 11) is 0. The number of hydrogen-bond donors (Lipinski definition) is 3. The Morgan fingerprint density at radius 3 is 2.21 bits per heavy atom. The minimum Gasteiger partial charge on any atom is -0.351 e. The van der Waals surface area contributed by atoms with Crippen LogP contribution in [0.15, 0.2) is 46.6 Å². The van der Waals surface area contributed by atoms with Gasteiger partial charge in [-0.1, -0.05) is 17.7 Å². The van der Waals surface area contributed by atoms with Crippen LogP contribution in [0.1, 0.15) is 22.8 Å². The first-order chi connectivity index (χ1) is 13.8. The molecule has 3 aromatic rings. The minimum absolute atomic E-state index is 0.407. The first-order valence-corrected chi connectivity index (χ1v) is 8.96. The average molecular weight is 390 g/mol. The van der Waals surface area contributed by atoms with Gasteiger partial charge < -0.3 is 16.4 Å². The van der Waals surface area contributed by atoms with Crippen molar-refractivity contribution < 1.29 is 4.79 Å². The van der Waals surface area contributed by atoms with E-state index in [1.54, 1.807) is 32.0 Å². The summed E-state index contributed by atoms with van der Waals surface area (Å²) in [6, 6.07) is 10.4. The van der Waals surface area contributed by atoms with Crippen LogP contribution in [0.2, 0.25) is 0 Å². The molecule has 0 fully saturated rings. The Hall–Kier alpha value is -3.88. The van der Waals surface area contributed by atoms with Gasteiger partial charge in [-0.3, -0.25) is 0 Å². The molecule has 148 valence electrons. The molecule has 4 N–H and O–H groups in total. The highest BCUT2D eigenvalue weighted by molar-refractivity contribution is 5.92.